The molecule has 0 bridgehead atoms. The molecule has 0 aromatic heterocycles. The van der Waals surface area contributed by atoms with Crippen LogP contribution in [0.2, 0.25) is 0 Å². The third-order valence-electron chi connectivity index (χ3n) is 4.02. The molecule has 0 aliphatic rings. The topological polar surface area (TPSA) is 53.7 Å². The lowest BCUT2D eigenvalue weighted by Crippen LogP contribution is -2.12. The number of methoxy groups -OCH3 is 1. The molecule has 0 spiro atoms. The van der Waals surface area contributed by atoms with Crippen LogP contribution in [0.1, 0.15) is 31.9 Å². The molecule has 136 valence electrons. The Morgan fingerprint density at radius 3 is 2.12 bits per heavy atom. The average molecular weight is 343 g/mol. The lowest BCUT2D eigenvalue weighted by molar-refractivity contribution is 0.215. The predicted molar refractivity (Wildman–Crippen MR) is 102 cm³/mol. The second-order valence-electron chi connectivity index (χ2n) is 6.98. The van der Waals surface area contributed by atoms with Crippen LogP contribution in [0.4, 0.5) is 0 Å². The van der Waals surface area contributed by atoms with Gasteiger partial charge in [-0.1, -0.05) is 39.0 Å². The van der Waals surface area contributed by atoms with Crippen LogP contribution in [-0.4, -0.2) is 26.9 Å². The lowest BCUT2D eigenvalue weighted by atomic mass is 9.87. The molecule has 2 aromatic rings. The number of hydrogen-bond donors (Lipinski definition) is 1. The zero-order chi connectivity index (χ0) is 18.3. The first kappa shape index (κ1) is 19.1. The fourth-order valence-electron chi connectivity index (χ4n) is 2.52. The van der Waals surface area contributed by atoms with Gasteiger partial charge in [0.25, 0.3) is 0 Å². The quantitative estimate of drug-likeness (QED) is 0.737. The maximum absolute atomic E-state index is 5.87. The summed E-state index contributed by atoms with van der Waals surface area (Å²) in [6.45, 7) is 8.12. The van der Waals surface area contributed by atoms with Crippen molar-refractivity contribution < 1.29 is 14.2 Å². The molecule has 0 amide bonds. The Bertz CT molecular complexity index is 660. The Kier molecular flexibility index (Phi) is 6.71. The van der Waals surface area contributed by atoms with Crippen molar-refractivity contribution in [2.24, 2.45) is 5.73 Å². The van der Waals surface area contributed by atoms with E-state index in [4.69, 9.17) is 19.9 Å². The Morgan fingerprint density at radius 2 is 1.52 bits per heavy atom. The van der Waals surface area contributed by atoms with Crippen LogP contribution in [0.25, 0.3) is 0 Å². The summed E-state index contributed by atoms with van der Waals surface area (Å²) < 4.78 is 16.9. The fourth-order valence-corrected chi connectivity index (χ4v) is 2.52. The number of hydrogen-bond acceptors (Lipinski definition) is 4. The monoisotopic (exact) mass is 343 g/mol. The van der Waals surface area contributed by atoms with E-state index in [0.29, 0.717) is 19.8 Å². The molecule has 0 unspecified atom stereocenters. The highest BCUT2D eigenvalue weighted by Crippen LogP contribution is 2.26. The normalized spacial score (nSPS) is 11.2. The second-order valence-corrected chi connectivity index (χ2v) is 6.98. The molecule has 0 aliphatic heterocycles. The van der Waals surface area contributed by atoms with Gasteiger partial charge < -0.3 is 19.9 Å². The van der Waals surface area contributed by atoms with E-state index in [1.807, 2.05) is 30.3 Å². The highest BCUT2D eigenvalue weighted by atomic mass is 16.5. The van der Waals surface area contributed by atoms with Crippen LogP contribution in [0.5, 0.6) is 17.2 Å². The van der Waals surface area contributed by atoms with Gasteiger partial charge in [0, 0.05) is 6.07 Å². The fraction of sp³-hybridized carbons (Fsp3) is 0.429. The Morgan fingerprint density at radius 1 is 0.880 bits per heavy atom. The third-order valence-corrected chi connectivity index (χ3v) is 4.02. The van der Waals surface area contributed by atoms with E-state index < -0.39 is 0 Å². The molecule has 0 radical (unpaired) electrons. The van der Waals surface area contributed by atoms with Gasteiger partial charge in [0.1, 0.15) is 30.5 Å². The second kappa shape index (κ2) is 8.77. The van der Waals surface area contributed by atoms with Crippen molar-refractivity contribution in [3.8, 4) is 17.2 Å². The molecule has 2 N–H and O–H groups in total. The zero-order valence-corrected chi connectivity index (χ0v) is 15.7. The number of benzene rings is 2. The molecule has 4 nitrogen and oxygen atoms in total. The summed E-state index contributed by atoms with van der Waals surface area (Å²) in [6.07, 6.45) is 0.772. The van der Waals surface area contributed by atoms with Crippen LogP contribution in [-0.2, 0) is 11.8 Å². The minimum absolute atomic E-state index is 0.146. The van der Waals surface area contributed by atoms with Gasteiger partial charge in [0.15, 0.2) is 0 Å². The number of ether oxygens (including phenoxy) is 3. The van der Waals surface area contributed by atoms with Gasteiger partial charge in [-0.05, 0) is 47.7 Å². The van der Waals surface area contributed by atoms with Crippen molar-refractivity contribution in [1.82, 2.24) is 0 Å². The molecule has 25 heavy (non-hydrogen) atoms. The summed E-state index contributed by atoms with van der Waals surface area (Å²) in [5.74, 6) is 2.43. The minimum atomic E-state index is 0.146. The van der Waals surface area contributed by atoms with Gasteiger partial charge in [-0.2, -0.15) is 0 Å². The van der Waals surface area contributed by atoms with E-state index in [-0.39, 0.29) is 5.41 Å². The van der Waals surface area contributed by atoms with Gasteiger partial charge in [-0.25, -0.2) is 0 Å². The summed E-state index contributed by atoms with van der Waals surface area (Å²) in [5, 5.41) is 0. The molecule has 0 aliphatic carbocycles. The molecule has 4 heteroatoms. The first-order valence-corrected chi connectivity index (χ1v) is 8.67. The molecule has 0 fully saturated rings. The molecular formula is C21H29NO3. The van der Waals surface area contributed by atoms with Crippen molar-refractivity contribution in [3.63, 3.8) is 0 Å². The molecule has 2 aromatic carbocycles. The first-order valence-electron chi connectivity index (χ1n) is 8.67. The highest BCUT2D eigenvalue weighted by Gasteiger charge is 2.13. The van der Waals surface area contributed by atoms with Crippen LogP contribution >= 0.6 is 0 Å². The van der Waals surface area contributed by atoms with Gasteiger partial charge >= 0.3 is 0 Å². The van der Waals surface area contributed by atoms with E-state index in [1.54, 1.807) is 7.11 Å². The lowest BCUT2D eigenvalue weighted by Gasteiger charge is -2.19. The molecule has 0 atom stereocenters. The predicted octanol–water partition coefficient (Wildman–Crippen LogP) is 3.95. The molecule has 2 rings (SSSR count). The van der Waals surface area contributed by atoms with Crippen molar-refractivity contribution in [1.29, 1.82) is 0 Å². The van der Waals surface area contributed by atoms with Gasteiger partial charge in [-0.15, -0.1) is 0 Å². The van der Waals surface area contributed by atoms with Crippen LogP contribution in [0.15, 0.2) is 42.5 Å². The minimum Gasteiger partial charge on any atom is -0.497 e. The summed E-state index contributed by atoms with van der Waals surface area (Å²) in [7, 11) is 1.64. The highest BCUT2D eigenvalue weighted by molar-refractivity contribution is 5.41. The zero-order valence-electron chi connectivity index (χ0n) is 15.7. The van der Waals surface area contributed by atoms with Crippen LogP contribution in [0, 0.1) is 0 Å². The summed E-state index contributed by atoms with van der Waals surface area (Å²) in [6, 6.07) is 14.0. The van der Waals surface area contributed by atoms with E-state index in [0.717, 1.165) is 29.2 Å². The largest absolute Gasteiger partial charge is 0.497 e. The Hall–Kier alpha value is -2.20. The maximum Gasteiger partial charge on any atom is 0.126 e. The summed E-state index contributed by atoms with van der Waals surface area (Å²) in [5.41, 5.74) is 8.18. The van der Waals surface area contributed by atoms with Crippen molar-refractivity contribution >= 4 is 0 Å². The third kappa shape index (κ3) is 5.68. The summed E-state index contributed by atoms with van der Waals surface area (Å²) >= 11 is 0. The maximum atomic E-state index is 5.87. The van der Waals surface area contributed by atoms with Crippen molar-refractivity contribution in [2.45, 2.75) is 32.6 Å². The van der Waals surface area contributed by atoms with Crippen molar-refractivity contribution in [2.75, 3.05) is 26.9 Å². The number of nitrogens with two attached hydrogens (primary N) is 1. The Labute approximate surface area is 150 Å². The standard InChI is InChI=1S/C21H29NO3/c1-21(2,3)17-6-9-18(10-7-17)24-13-14-25-20-15-19(23-4)8-5-16(20)11-12-22/h5-10,15H,11-14,22H2,1-4H3. The first-order chi connectivity index (χ1) is 11.9. The molecule has 0 saturated heterocycles. The van der Waals surface area contributed by atoms with E-state index in [2.05, 4.69) is 32.9 Å². The van der Waals surface area contributed by atoms with Crippen molar-refractivity contribution in [3.05, 3.63) is 53.6 Å². The van der Waals surface area contributed by atoms with E-state index in [9.17, 15) is 0 Å². The van der Waals surface area contributed by atoms with Gasteiger partial charge in [0.2, 0.25) is 0 Å². The van der Waals surface area contributed by atoms with Gasteiger partial charge in [-0.3, -0.25) is 0 Å². The molecule has 0 saturated carbocycles. The smallest absolute Gasteiger partial charge is 0.126 e. The average Bonchev–Trinajstić information content (AvgIpc) is 2.59. The van der Waals surface area contributed by atoms with E-state index >= 15 is 0 Å². The SMILES string of the molecule is COc1ccc(CCN)c(OCCOc2ccc(C(C)(C)C)cc2)c1. The van der Waals surface area contributed by atoms with Crippen LogP contribution < -0.4 is 19.9 Å². The van der Waals surface area contributed by atoms with Crippen LogP contribution in [0.3, 0.4) is 0 Å². The number of rotatable bonds is 8. The Balaban J connectivity index is 1.88. The molecule has 0 heterocycles. The van der Waals surface area contributed by atoms with E-state index in [1.165, 1.54) is 5.56 Å². The summed E-state index contributed by atoms with van der Waals surface area (Å²) in [4.78, 5) is 0. The van der Waals surface area contributed by atoms with Gasteiger partial charge in [0.05, 0.1) is 7.11 Å². The molecular weight excluding hydrogens is 314 g/mol.